The summed E-state index contributed by atoms with van der Waals surface area (Å²) in [6.07, 6.45) is 7.28. The van der Waals surface area contributed by atoms with E-state index in [4.69, 9.17) is 14.2 Å². The third-order valence-electron chi connectivity index (χ3n) is 3.82. The SMILES string of the molecule is CSSC(CCCCC(C)C)OCCOCCOCCC(=O)NCC#CC(C)C. The maximum Gasteiger partial charge on any atom is 0.223 e. The minimum atomic E-state index is -0.0388. The summed E-state index contributed by atoms with van der Waals surface area (Å²) < 4.78 is 16.9. The molecule has 0 radical (unpaired) electrons. The summed E-state index contributed by atoms with van der Waals surface area (Å²) in [6, 6.07) is 0. The van der Waals surface area contributed by atoms with Crippen molar-refractivity contribution in [3.8, 4) is 11.8 Å². The lowest BCUT2D eigenvalue weighted by atomic mass is 10.1. The summed E-state index contributed by atoms with van der Waals surface area (Å²) in [5.74, 6) is 6.99. The number of carbonyl (C=O) groups is 1. The molecule has 1 N–H and O–H groups in total. The van der Waals surface area contributed by atoms with Crippen molar-refractivity contribution in [3.63, 3.8) is 0 Å². The fourth-order valence-electron chi connectivity index (χ4n) is 2.34. The topological polar surface area (TPSA) is 56.8 Å². The summed E-state index contributed by atoms with van der Waals surface area (Å²) in [5.41, 5.74) is 0.237. The lowest BCUT2D eigenvalue weighted by molar-refractivity contribution is -0.122. The number of carbonyl (C=O) groups excluding carboxylic acids is 1. The van der Waals surface area contributed by atoms with Crippen molar-refractivity contribution in [1.29, 1.82) is 0 Å². The third kappa shape index (κ3) is 22.1. The standard InChI is InChI=1S/C22H41NO4S2/c1-19(2)9-6-7-11-22(29-28-5)27-18-17-26-16-15-25-14-12-21(24)23-13-8-10-20(3)4/h19-20,22H,6-7,9,11-18H2,1-5H3,(H,23,24). The smallest absolute Gasteiger partial charge is 0.223 e. The molecule has 0 heterocycles. The zero-order valence-electron chi connectivity index (χ0n) is 19.0. The van der Waals surface area contributed by atoms with Crippen molar-refractivity contribution >= 4 is 27.5 Å². The molecule has 0 aliphatic rings. The summed E-state index contributed by atoms with van der Waals surface area (Å²) >= 11 is 0. The lowest BCUT2D eigenvalue weighted by Crippen LogP contribution is -2.25. The average Bonchev–Trinajstić information content (AvgIpc) is 2.66. The van der Waals surface area contributed by atoms with E-state index < -0.39 is 0 Å². The summed E-state index contributed by atoms with van der Waals surface area (Å²) in [7, 11) is 3.54. The molecule has 7 heteroatoms. The van der Waals surface area contributed by atoms with Gasteiger partial charge >= 0.3 is 0 Å². The van der Waals surface area contributed by atoms with E-state index in [0.29, 0.717) is 51.9 Å². The van der Waals surface area contributed by atoms with Crippen LogP contribution in [0.15, 0.2) is 0 Å². The Morgan fingerprint density at radius 1 is 0.966 bits per heavy atom. The largest absolute Gasteiger partial charge is 0.379 e. The first-order valence-corrected chi connectivity index (χ1v) is 13.3. The fraction of sp³-hybridized carbons (Fsp3) is 0.864. The molecule has 0 rings (SSSR count). The molecule has 0 aromatic rings. The summed E-state index contributed by atoms with van der Waals surface area (Å²) in [4.78, 5) is 11.6. The molecule has 0 aliphatic heterocycles. The van der Waals surface area contributed by atoms with Gasteiger partial charge in [-0.2, -0.15) is 0 Å². The Labute approximate surface area is 186 Å². The van der Waals surface area contributed by atoms with Gasteiger partial charge in [0.25, 0.3) is 0 Å². The van der Waals surface area contributed by atoms with Crippen molar-refractivity contribution in [2.45, 2.75) is 65.2 Å². The van der Waals surface area contributed by atoms with Crippen LogP contribution < -0.4 is 5.32 Å². The van der Waals surface area contributed by atoms with Gasteiger partial charge in [-0.15, -0.1) is 0 Å². The number of hydrogen-bond donors (Lipinski definition) is 1. The molecule has 1 atom stereocenters. The van der Waals surface area contributed by atoms with E-state index in [1.54, 1.807) is 21.6 Å². The van der Waals surface area contributed by atoms with E-state index in [0.717, 1.165) is 12.3 Å². The minimum absolute atomic E-state index is 0.0388. The Morgan fingerprint density at radius 3 is 2.28 bits per heavy atom. The highest BCUT2D eigenvalue weighted by atomic mass is 33.1. The zero-order chi connectivity index (χ0) is 21.7. The molecule has 1 amide bonds. The molecule has 0 aliphatic carbocycles. The van der Waals surface area contributed by atoms with Gasteiger partial charge in [-0.1, -0.05) is 74.0 Å². The van der Waals surface area contributed by atoms with Gasteiger partial charge < -0.3 is 19.5 Å². The Balaban J connectivity index is 3.53. The van der Waals surface area contributed by atoms with Crippen LogP contribution in [0.2, 0.25) is 0 Å². The van der Waals surface area contributed by atoms with Gasteiger partial charge in [-0.3, -0.25) is 4.79 Å². The summed E-state index contributed by atoms with van der Waals surface area (Å²) in [6.45, 7) is 11.5. The minimum Gasteiger partial charge on any atom is -0.379 e. The second kappa shape index (κ2) is 20.9. The average molecular weight is 448 g/mol. The van der Waals surface area contributed by atoms with Crippen LogP contribution >= 0.6 is 21.6 Å². The van der Waals surface area contributed by atoms with Gasteiger partial charge in [-0.05, 0) is 25.0 Å². The van der Waals surface area contributed by atoms with Gasteiger partial charge in [0.2, 0.25) is 5.91 Å². The molecule has 1 unspecified atom stereocenters. The Hall–Kier alpha value is -0.390. The van der Waals surface area contributed by atoms with Crippen molar-refractivity contribution in [2.75, 3.05) is 45.8 Å². The summed E-state index contributed by atoms with van der Waals surface area (Å²) in [5, 5.41) is 2.76. The van der Waals surface area contributed by atoms with Crippen LogP contribution in [0.25, 0.3) is 0 Å². The number of rotatable bonds is 18. The van der Waals surface area contributed by atoms with Crippen molar-refractivity contribution in [2.24, 2.45) is 11.8 Å². The normalized spacial score (nSPS) is 12.1. The van der Waals surface area contributed by atoms with Gasteiger partial charge in [-0.25, -0.2) is 0 Å². The maximum atomic E-state index is 11.6. The number of ether oxygens (including phenoxy) is 3. The number of hydrogen-bond acceptors (Lipinski definition) is 6. The first-order chi connectivity index (χ1) is 14.0. The first kappa shape index (κ1) is 28.6. The Kier molecular flexibility index (Phi) is 20.6. The quantitative estimate of drug-likeness (QED) is 0.142. The fourth-order valence-corrected chi connectivity index (χ4v) is 4.07. The van der Waals surface area contributed by atoms with E-state index >= 15 is 0 Å². The zero-order valence-corrected chi connectivity index (χ0v) is 20.6. The van der Waals surface area contributed by atoms with Crippen LogP contribution in [0.4, 0.5) is 0 Å². The molecule has 0 fully saturated rings. The molecule has 170 valence electrons. The van der Waals surface area contributed by atoms with E-state index in [1.165, 1.54) is 19.3 Å². The van der Waals surface area contributed by atoms with Crippen LogP contribution in [0.1, 0.15) is 59.8 Å². The molecule has 0 saturated carbocycles. The molecule has 0 bridgehead atoms. The molecule has 0 aromatic heterocycles. The predicted molar refractivity (Wildman–Crippen MR) is 126 cm³/mol. The Morgan fingerprint density at radius 2 is 1.62 bits per heavy atom. The Bertz CT molecular complexity index is 450. The molecule has 0 aromatic carbocycles. The van der Waals surface area contributed by atoms with Crippen LogP contribution in [0, 0.1) is 23.7 Å². The monoisotopic (exact) mass is 447 g/mol. The first-order valence-electron chi connectivity index (χ1n) is 10.7. The van der Waals surface area contributed by atoms with E-state index in [2.05, 4.69) is 37.3 Å². The number of unbranched alkanes of at least 4 members (excludes halogenated alkanes) is 1. The number of nitrogens with one attached hydrogen (secondary N) is 1. The molecule has 29 heavy (non-hydrogen) atoms. The molecule has 0 spiro atoms. The molecular weight excluding hydrogens is 406 g/mol. The van der Waals surface area contributed by atoms with Crippen molar-refractivity contribution < 1.29 is 19.0 Å². The van der Waals surface area contributed by atoms with Crippen molar-refractivity contribution in [3.05, 3.63) is 0 Å². The van der Waals surface area contributed by atoms with Gasteiger partial charge in [0.1, 0.15) is 5.44 Å². The molecule has 5 nitrogen and oxygen atoms in total. The molecule has 0 saturated heterocycles. The van der Waals surface area contributed by atoms with E-state index in [1.807, 2.05) is 13.8 Å². The lowest BCUT2D eigenvalue weighted by Gasteiger charge is -2.16. The second-order valence-electron chi connectivity index (χ2n) is 7.47. The van der Waals surface area contributed by atoms with E-state index in [-0.39, 0.29) is 11.3 Å². The highest BCUT2D eigenvalue weighted by Gasteiger charge is 2.09. The van der Waals surface area contributed by atoms with E-state index in [9.17, 15) is 4.79 Å². The highest BCUT2D eigenvalue weighted by molar-refractivity contribution is 8.76. The van der Waals surface area contributed by atoms with Crippen LogP contribution in [-0.4, -0.2) is 57.2 Å². The van der Waals surface area contributed by atoms with Gasteiger partial charge in [0, 0.05) is 12.3 Å². The maximum absolute atomic E-state index is 11.6. The molecular formula is C22H41NO4S2. The van der Waals surface area contributed by atoms with Gasteiger partial charge in [0.05, 0.1) is 39.6 Å². The number of amides is 1. The predicted octanol–water partition coefficient (Wildman–Crippen LogP) is 4.76. The second-order valence-corrected chi connectivity index (χ2v) is 10.1. The van der Waals surface area contributed by atoms with Crippen molar-refractivity contribution in [1.82, 2.24) is 5.32 Å². The third-order valence-corrected chi connectivity index (χ3v) is 5.82. The highest BCUT2D eigenvalue weighted by Crippen LogP contribution is 2.28. The van der Waals surface area contributed by atoms with Crippen LogP contribution in [0.3, 0.4) is 0 Å². The van der Waals surface area contributed by atoms with Crippen LogP contribution in [0.5, 0.6) is 0 Å². The van der Waals surface area contributed by atoms with Crippen LogP contribution in [-0.2, 0) is 19.0 Å². The van der Waals surface area contributed by atoms with Gasteiger partial charge in [0.15, 0.2) is 0 Å².